The van der Waals surface area contributed by atoms with E-state index >= 15 is 0 Å². The number of esters is 2. The molecule has 2 aromatic carbocycles. The molecule has 10 rings (SSSR count). The van der Waals surface area contributed by atoms with Crippen molar-refractivity contribution >= 4 is 107 Å². The van der Waals surface area contributed by atoms with Gasteiger partial charge in [0.1, 0.15) is 38.5 Å². The van der Waals surface area contributed by atoms with Gasteiger partial charge in [-0.25, -0.2) is 9.97 Å². The Morgan fingerprint density at radius 3 is 1.15 bits per heavy atom. The number of hydrogen-bond donors (Lipinski definition) is 0. The molecule has 6 heterocycles. The van der Waals surface area contributed by atoms with Crippen molar-refractivity contribution < 1.29 is 47.5 Å². The molecule has 26 heteroatoms. The number of carbonyl (C=O) groups excluding carboxylic acids is 2. The molecular weight excluding hydrogens is 1790 g/mol. The Labute approximate surface area is 761 Å². The molecule has 0 spiro atoms. The smallest absolute Gasteiger partial charge is 0.311 e. The summed E-state index contributed by atoms with van der Waals surface area (Å²) in [5.41, 5.74) is 10.7. The summed E-state index contributed by atoms with van der Waals surface area (Å²) < 4.78 is 59.2. The Bertz CT molecular complexity index is 4550. The van der Waals surface area contributed by atoms with Gasteiger partial charge in [0.15, 0.2) is 17.1 Å². The summed E-state index contributed by atoms with van der Waals surface area (Å²) in [6.07, 6.45) is 21.7. The van der Waals surface area contributed by atoms with E-state index in [-0.39, 0.29) is 23.8 Å². The van der Waals surface area contributed by atoms with E-state index in [0.717, 1.165) is 153 Å². The number of benzene rings is 2. The molecule has 124 heavy (non-hydrogen) atoms. The Balaban J connectivity index is 0.000000257. The number of aromatic nitrogens is 8. The van der Waals surface area contributed by atoms with Crippen LogP contribution < -0.4 is 9.80 Å². The normalized spacial score (nSPS) is 17.0. The van der Waals surface area contributed by atoms with E-state index in [2.05, 4.69) is 188 Å². The third-order valence-corrected chi connectivity index (χ3v) is 46.7. The van der Waals surface area contributed by atoms with Gasteiger partial charge in [0, 0.05) is 116 Å². The summed E-state index contributed by atoms with van der Waals surface area (Å²) in [5, 5.41) is 9.96. The number of pyridine rings is 2. The van der Waals surface area contributed by atoms with Crippen LogP contribution in [0.25, 0.3) is 61.8 Å². The maximum absolute atomic E-state index is 13.1. The Morgan fingerprint density at radius 1 is 0.460 bits per heavy atom. The Morgan fingerprint density at radius 2 is 0.806 bits per heavy atom. The molecule has 682 valence electrons. The van der Waals surface area contributed by atoms with Gasteiger partial charge in [-0.05, 0) is 138 Å². The summed E-state index contributed by atoms with van der Waals surface area (Å²) in [5.74, 6) is 2.12. The fourth-order valence-corrected chi connectivity index (χ4v) is 34.5. The molecule has 20 nitrogen and oxygen atoms in total. The third-order valence-electron chi connectivity index (χ3n) is 24.1. The maximum atomic E-state index is 13.1. The molecule has 2 saturated carbocycles. The second-order valence-electron chi connectivity index (χ2n) is 39.4. The summed E-state index contributed by atoms with van der Waals surface area (Å²) in [7, 11) is -5.22. The molecule has 0 amide bonds. The average molecular weight is 1940 g/mol. The molecule has 6 aromatic heterocycles. The standard InChI is InChI=1S/C43H63N5O5Si2.C39H56BrN5O4Si2.C4H7O.3C4H9.Sn/c1-11-52-32(3)38-39(34-20-22-43(4,23-21-34)42(49)53-12-2)46-40-36(35-18-19-37(44-28-35)33-16-14-13-15-17-33)29-45-48(40)41(38)47(30-50-24-26-54(5,6)7)31-51-25-27-55(8,9)10;1-9-49-38(46)39(2)19-17-30(18-20-39)35-34(40)37(44(27-47-21-23-50(3,4)5)28-48-22-24-51(6,7)8)45-36(43-35)32(26-42-45)31-15-16-33(41-25-31)29-13-11-10-12-14-29;1-3-5-4-2;3*1-3-4-2;/h13-19,28-29,34H,3,11-12,20-27,30-31H2,1-2,4-10H3;10-16,25-26,30H,9,17-24,27-28H2,1-8H3;1,4H2,2H3;3*1,3-4H2,2H3;. The minimum atomic E-state index is -2.24. The molecule has 0 N–H and O–H groups in total. The van der Waals surface area contributed by atoms with Crippen LogP contribution in [-0.4, -0.2) is 182 Å². The zero-order chi connectivity index (χ0) is 90.5. The second-order valence-corrected chi connectivity index (χ2v) is 75.9. The number of halogens is 1. The number of rotatable bonds is 47. The third kappa shape index (κ3) is 30.1. The van der Waals surface area contributed by atoms with Crippen LogP contribution in [0.1, 0.15) is 181 Å². The van der Waals surface area contributed by atoms with Gasteiger partial charge < -0.3 is 43.0 Å². The largest absolute Gasteiger partial charge is 0.466 e. The van der Waals surface area contributed by atoms with Crippen molar-refractivity contribution in [3.8, 4) is 44.8 Å². The van der Waals surface area contributed by atoms with Gasteiger partial charge in [-0.2, -0.15) is 19.2 Å². The van der Waals surface area contributed by atoms with E-state index in [1.165, 1.54) is 55.6 Å². The number of fused-ring (bicyclic) bond motifs is 2. The van der Waals surface area contributed by atoms with Gasteiger partial charge in [-0.3, -0.25) is 19.6 Å². The van der Waals surface area contributed by atoms with Crippen molar-refractivity contribution in [2.75, 3.05) is 89.6 Å². The van der Waals surface area contributed by atoms with Crippen molar-refractivity contribution in [3.63, 3.8) is 0 Å². The summed E-state index contributed by atoms with van der Waals surface area (Å²) in [6, 6.07) is 32.9. The molecule has 2 fully saturated rings. The summed E-state index contributed by atoms with van der Waals surface area (Å²) in [6.45, 7) is 62.0. The van der Waals surface area contributed by atoms with Crippen LogP contribution in [0.4, 0.5) is 11.6 Å². The number of hydrogen-bond acceptors (Lipinski definition) is 18. The number of ether oxygens (including phenoxy) is 8. The molecule has 0 unspecified atom stereocenters. The molecule has 0 atom stereocenters. The first-order chi connectivity index (χ1) is 59.0. The predicted octanol–water partition coefficient (Wildman–Crippen LogP) is 25.9. The van der Waals surface area contributed by atoms with E-state index in [1.54, 1.807) is 0 Å². The molecule has 0 saturated heterocycles. The minimum absolute atomic E-state index is 0.0438. The fraction of sp³-hybridized carbons (Fsp3) is 0.592. The van der Waals surface area contributed by atoms with Crippen molar-refractivity contribution in [2.45, 2.75) is 280 Å². The number of nitrogens with zero attached hydrogens (tertiary/aromatic N) is 10. The average Bonchev–Trinajstić information content (AvgIpc) is 1.52. The number of unbranched alkanes of at least 4 members (excludes halogenated alkanes) is 3. The Hall–Kier alpha value is -6.41. The predicted molar refractivity (Wildman–Crippen MR) is 530 cm³/mol. The zero-order valence-corrected chi connectivity index (χ0v) is 88.2. The first-order valence-corrected chi connectivity index (χ1v) is 69.4. The topological polar surface area (TPSA) is 201 Å². The van der Waals surface area contributed by atoms with Crippen LogP contribution in [-0.2, 0) is 47.5 Å². The maximum Gasteiger partial charge on any atom is 0.311 e. The van der Waals surface area contributed by atoms with Crippen molar-refractivity contribution in [1.29, 1.82) is 0 Å². The minimum Gasteiger partial charge on any atom is -0.466 e. The van der Waals surface area contributed by atoms with E-state index in [0.29, 0.717) is 97.4 Å². The van der Waals surface area contributed by atoms with Gasteiger partial charge in [0.25, 0.3) is 0 Å². The molecule has 0 radical (unpaired) electrons. The van der Waals surface area contributed by atoms with Crippen LogP contribution in [0.15, 0.2) is 131 Å². The summed E-state index contributed by atoms with van der Waals surface area (Å²) >= 11 is 1.79. The van der Waals surface area contributed by atoms with Crippen LogP contribution >= 0.6 is 15.9 Å². The van der Waals surface area contributed by atoms with Gasteiger partial charge in [-0.15, -0.1) is 0 Å². The van der Waals surface area contributed by atoms with E-state index in [9.17, 15) is 9.59 Å². The van der Waals surface area contributed by atoms with Gasteiger partial charge in [0.05, 0.1) is 75.9 Å². The first kappa shape index (κ1) is 103. The van der Waals surface area contributed by atoms with E-state index in [1.807, 2.05) is 111 Å². The Kier molecular flexibility index (Phi) is 40.6. The SMILES string of the molecule is C=C(OCC)c1c(C2CCC(C)(C(=O)OCC)CC2)nc2c(-c3ccc(-c4ccccc4)nc3)cnn2c1N(COCC[Si](C)(C)C)COCC[Si](C)(C)C.C=[C](OCC)[Sn]([CH2]CCC)([CH2]CCC)[CH2]CCC.CCOC(=O)C1(C)CCC(c2nc3c(-c4ccc(-c5ccccc5)nc4)cnn3c(N(COCC[Si](C)(C)C)COCC[Si](C)(C)C)c2Br)CC1. The zero-order valence-electron chi connectivity index (χ0n) is 79.7. The molecule has 0 aliphatic heterocycles. The monoisotopic (exact) mass is 1940 g/mol. The van der Waals surface area contributed by atoms with Gasteiger partial charge >= 0.3 is 132 Å². The molecule has 2 aliphatic carbocycles. The quantitative estimate of drug-likeness (QED) is 0.0114. The van der Waals surface area contributed by atoms with Crippen LogP contribution in [0, 0.1) is 10.8 Å². The second kappa shape index (κ2) is 48.8. The molecular formula is C98H153BrN10O10Si4Sn. The van der Waals surface area contributed by atoms with Crippen molar-refractivity contribution in [2.24, 2.45) is 10.8 Å². The van der Waals surface area contributed by atoms with Gasteiger partial charge in [-0.1, -0.05) is 158 Å². The van der Waals surface area contributed by atoms with E-state index in [4.69, 9.17) is 68.0 Å². The molecule has 0 bridgehead atoms. The van der Waals surface area contributed by atoms with Crippen LogP contribution in [0.2, 0.25) is 116 Å². The van der Waals surface area contributed by atoms with Crippen LogP contribution in [0.5, 0.6) is 0 Å². The molecule has 8 aromatic rings. The fourth-order valence-electron chi connectivity index (χ4n) is 16.0. The number of carbonyl (C=O) groups is 2. The van der Waals surface area contributed by atoms with Crippen LogP contribution in [0.3, 0.4) is 0 Å². The van der Waals surface area contributed by atoms with Crippen molar-refractivity contribution in [3.05, 3.63) is 148 Å². The summed E-state index contributed by atoms with van der Waals surface area (Å²) in [4.78, 5) is 50.8. The van der Waals surface area contributed by atoms with Crippen molar-refractivity contribution in [1.82, 2.24) is 39.2 Å². The molecule has 2 aliphatic rings. The van der Waals surface area contributed by atoms with Gasteiger partial charge in [0.2, 0.25) is 0 Å². The van der Waals surface area contributed by atoms with E-state index < -0.39 is 61.5 Å². The first-order valence-electron chi connectivity index (χ1n) is 46.3. The number of anilines is 2.